The van der Waals surface area contributed by atoms with Gasteiger partial charge in [0.1, 0.15) is 11.5 Å². The van der Waals surface area contributed by atoms with Crippen molar-refractivity contribution in [1.82, 2.24) is 0 Å². The van der Waals surface area contributed by atoms with Crippen LogP contribution in [0.1, 0.15) is 47.1 Å². The molecule has 0 radical (unpaired) electrons. The third kappa shape index (κ3) is 8.41. The van der Waals surface area contributed by atoms with Crippen LogP contribution in [0.15, 0.2) is 18.2 Å². The standard InChI is InChI=1S/C26H38O12Si/c1-14(27)34-20-21(35-15(2)28)23(36-16(3)29)25(38-22(20)24(31)32-7)37-18-11-10-17(19(30)12-18)13-33-39(8,9)26(4,5)6/h10-12,20-23,25,30H,13H2,1-9H3/t20-,21-,22-,23+,25+/m0/s1. The minimum absolute atomic E-state index is 0.0195. The van der Waals surface area contributed by atoms with Gasteiger partial charge in [-0.05, 0) is 30.3 Å². The summed E-state index contributed by atoms with van der Waals surface area (Å²) in [5, 5.41) is 10.6. The summed E-state index contributed by atoms with van der Waals surface area (Å²) in [7, 11) is -0.987. The summed E-state index contributed by atoms with van der Waals surface area (Å²) < 4.78 is 38.4. The van der Waals surface area contributed by atoms with Gasteiger partial charge in [-0.1, -0.05) is 20.8 Å². The summed E-state index contributed by atoms with van der Waals surface area (Å²) in [6.45, 7) is 14.0. The smallest absolute Gasteiger partial charge is 0.339 e. The van der Waals surface area contributed by atoms with Crippen LogP contribution >= 0.6 is 0 Å². The fraction of sp³-hybridized carbons (Fsp3) is 0.615. The van der Waals surface area contributed by atoms with Gasteiger partial charge in [-0.2, -0.15) is 0 Å². The molecule has 13 heteroatoms. The molecule has 0 saturated carbocycles. The van der Waals surface area contributed by atoms with Crippen LogP contribution in [0, 0.1) is 0 Å². The number of hydrogen-bond acceptors (Lipinski definition) is 12. The number of phenolic OH excluding ortho intramolecular Hbond substituents is 1. The molecular formula is C26H38O12Si. The van der Waals surface area contributed by atoms with Crippen molar-refractivity contribution >= 4 is 32.2 Å². The van der Waals surface area contributed by atoms with E-state index < -0.39 is 62.9 Å². The number of hydrogen-bond donors (Lipinski definition) is 1. The highest BCUT2D eigenvalue weighted by atomic mass is 28.4. The third-order valence-corrected chi connectivity index (χ3v) is 11.0. The highest BCUT2D eigenvalue weighted by Gasteiger charge is 2.55. The maximum atomic E-state index is 12.5. The predicted molar refractivity (Wildman–Crippen MR) is 138 cm³/mol. The third-order valence-electron chi connectivity index (χ3n) is 6.54. The second-order valence-electron chi connectivity index (χ2n) is 10.6. The van der Waals surface area contributed by atoms with Crippen LogP contribution in [-0.4, -0.2) is 75.1 Å². The van der Waals surface area contributed by atoms with E-state index in [9.17, 15) is 24.3 Å². The average molecular weight is 571 g/mol. The number of ether oxygens (including phenoxy) is 6. The summed E-state index contributed by atoms with van der Waals surface area (Å²) in [6.07, 6.45) is -7.57. The minimum Gasteiger partial charge on any atom is -0.507 e. The monoisotopic (exact) mass is 570 g/mol. The zero-order valence-electron chi connectivity index (χ0n) is 23.8. The molecule has 0 aromatic heterocycles. The number of rotatable bonds is 9. The zero-order valence-corrected chi connectivity index (χ0v) is 24.8. The minimum atomic E-state index is -2.08. The largest absolute Gasteiger partial charge is 0.507 e. The molecule has 0 unspecified atom stereocenters. The fourth-order valence-corrected chi connectivity index (χ4v) is 4.47. The molecular weight excluding hydrogens is 532 g/mol. The summed E-state index contributed by atoms with van der Waals surface area (Å²) in [4.78, 5) is 48.2. The van der Waals surface area contributed by atoms with E-state index in [-0.39, 0.29) is 23.1 Å². The first-order chi connectivity index (χ1) is 18.0. The van der Waals surface area contributed by atoms with Crippen LogP contribution in [0.5, 0.6) is 11.5 Å². The molecule has 0 spiro atoms. The van der Waals surface area contributed by atoms with E-state index in [4.69, 9.17) is 32.8 Å². The Morgan fingerprint density at radius 1 is 0.923 bits per heavy atom. The van der Waals surface area contributed by atoms with Crippen molar-refractivity contribution in [3.8, 4) is 11.5 Å². The molecule has 1 heterocycles. The Morgan fingerprint density at radius 2 is 1.46 bits per heavy atom. The van der Waals surface area contributed by atoms with Gasteiger partial charge in [0.15, 0.2) is 26.6 Å². The Kier molecular flexibility index (Phi) is 10.5. The Morgan fingerprint density at radius 3 is 1.95 bits per heavy atom. The molecule has 12 nitrogen and oxygen atoms in total. The van der Waals surface area contributed by atoms with Gasteiger partial charge in [-0.25, -0.2) is 4.79 Å². The number of carbonyl (C=O) groups excluding carboxylic acids is 4. The topological polar surface area (TPSA) is 153 Å². The summed E-state index contributed by atoms with van der Waals surface area (Å²) in [6, 6.07) is 4.44. The number of methoxy groups -OCH3 is 1. The lowest BCUT2D eigenvalue weighted by molar-refractivity contribution is -0.282. The first-order valence-electron chi connectivity index (χ1n) is 12.3. The molecule has 1 aromatic carbocycles. The van der Waals surface area contributed by atoms with E-state index in [0.29, 0.717) is 5.56 Å². The molecule has 2 rings (SSSR count). The van der Waals surface area contributed by atoms with Gasteiger partial charge >= 0.3 is 23.9 Å². The zero-order chi connectivity index (χ0) is 29.7. The molecule has 1 N–H and O–H groups in total. The van der Waals surface area contributed by atoms with Gasteiger partial charge in [-0.3, -0.25) is 14.4 Å². The SMILES string of the molecule is COC(=O)[C@H]1O[C@@H](Oc2ccc(CO[Si](C)(C)C(C)(C)C)c(O)c2)[C@H](OC(C)=O)[C@@H](OC(C)=O)[C@@H]1OC(C)=O. The molecule has 1 aromatic rings. The Labute approximate surface area is 228 Å². The second-order valence-corrected chi connectivity index (χ2v) is 15.4. The average Bonchev–Trinajstić information content (AvgIpc) is 2.80. The van der Waals surface area contributed by atoms with Crippen LogP contribution < -0.4 is 4.74 Å². The van der Waals surface area contributed by atoms with Crippen molar-refractivity contribution in [2.24, 2.45) is 0 Å². The van der Waals surface area contributed by atoms with Crippen LogP contribution in [0.4, 0.5) is 0 Å². The van der Waals surface area contributed by atoms with Crippen molar-refractivity contribution < 1.29 is 57.1 Å². The van der Waals surface area contributed by atoms with E-state index >= 15 is 0 Å². The van der Waals surface area contributed by atoms with Crippen molar-refractivity contribution in [2.45, 2.75) is 97.0 Å². The number of carbonyl (C=O) groups is 4. The van der Waals surface area contributed by atoms with Gasteiger partial charge in [0, 0.05) is 32.4 Å². The van der Waals surface area contributed by atoms with Gasteiger partial charge < -0.3 is 38.0 Å². The molecule has 1 saturated heterocycles. The summed E-state index contributed by atoms with van der Waals surface area (Å²) in [5.41, 5.74) is 0.522. The van der Waals surface area contributed by atoms with Gasteiger partial charge in [-0.15, -0.1) is 0 Å². The van der Waals surface area contributed by atoms with Crippen LogP contribution in [-0.2, 0) is 53.9 Å². The number of phenols is 1. The van der Waals surface area contributed by atoms with Crippen molar-refractivity contribution in [3.05, 3.63) is 23.8 Å². The summed E-state index contributed by atoms with van der Waals surface area (Å²) >= 11 is 0. The van der Waals surface area contributed by atoms with Crippen LogP contribution in [0.25, 0.3) is 0 Å². The van der Waals surface area contributed by atoms with Gasteiger partial charge in [0.25, 0.3) is 0 Å². The lowest BCUT2D eigenvalue weighted by Crippen LogP contribution is -2.64. The van der Waals surface area contributed by atoms with E-state index in [1.807, 2.05) is 0 Å². The molecule has 0 amide bonds. The maximum Gasteiger partial charge on any atom is 0.339 e. The molecule has 1 aliphatic rings. The van der Waals surface area contributed by atoms with Crippen LogP contribution in [0.2, 0.25) is 18.1 Å². The Hall–Kier alpha value is -3.16. The van der Waals surface area contributed by atoms with Crippen molar-refractivity contribution in [1.29, 1.82) is 0 Å². The highest BCUT2D eigenvalue weighted by Crippen LogP contribution is 2.38. The highest BCUT2D eigenvalue weighted by molar-refractivity contribution is 6.74. The molecule has 39 heavy (non-hydrogen) atoms. The predicted octanol–water partition coefficient (Wildman–Crippen LogP) is 2.99. The van der Waals surface area contributed by atoms with E-state index in [2.05, 4.69) is 33.9 Å². The molecule has 0 bridgehead atoms. The summed E-state index contributed by atoms with van der Waals surface area (Å²) in [5.74, 6) is -3.38. The maximum absolute atomic E-state index is 12.5. The normalized spacial score (nSPS) is 23.4. The van der Waals surface area contributed by atoms with E-state index in [0.717, 1.165) is 27.9 Å². The number of esters is 4. The molecule has 218 valence electrons. The lowest BCUT2D eigenvalue weighted by Gasteiger charge is -2.43. The van der Waals surface area contributed by atoms with Gasteiger partial charge in [0.05, 0.1) is 13.7 Å². The van der Waals surface area contributed by atoms with Crippen molar-refractivity contribution in [2.75, 3.05) is 7.11 Å². The lowest BCUT2D eigenvalue weighted by atomic mass is 9.97. The quantitative estimate of drug-likeness (QED) is 0.264. The Balaban J connectivity index is 2.40. The van der Waals surface area contributed by atoms with Crippen LogP contribution in [0.3, 0.4) is 0 Å². The number of aromatic hydroxyl groups is 1. The molecule has 0 aliphatic carbocycles. The molecule has 5 atom stereocenters. The van der Waals surface area contributed by atoms with E-state index in [1.165, 1.54) is 12.1 Å². The Bertz CT molecular complexity index is 1060. The molecule has 1 aliphatic heterocycles. The molecule has 1 fully saturated rings. The first kappa shape index (κ1) is 32.1. The number of benzene rings is 1. The fourth-order valence-electron chi connectivity index (χ4n) is 3.52. The van der Waals surface area contributed by atoms with Gasteiger partial charge in [0.2, 0.25) is 12.4 Å². The van der Waals surface area contributed by atoms with Crippen molar-refractivity contribution in [3.63, 3.8) is 0 Å². The first-order valence-corrected chi connectivity index (χ1v) is 15.2. The second kappa shape index (κ2) is 12.8. The van der Waals surface area contributed by atoms with E-state index in [1.54, 1.807) is 6.07 Å².